The fourth-order valence-corrected chi connectivity index (χ4v) is 1.74. The van der Waals surface area contributed by atoms with Gasteiger partial charge in [-0.15, -0.1) is 0 Å². The summed E-state index contributed by atoms with van der Waals surface area (Å²) in [7, 11) is 0. The van der Waals surface area contributed by atoms with E-state index in [1.165, 1.54) is 28.8 Å². The van der Waals surface area contributed by atoms with Crippen molar-refractivity contribution >= 4 is 11.9 Å². The third-order valence-electron chi connectivity index (χ3n) is 2.76. The number of furan rings is 1. The molecule has 0 atom stereocenters. The molecule has 0 fully saturated rings. The topological polar surface area (TPSA) is 116 Å². The van der Waals surface area contributed by atoms with Crippen molar-refractivity contribution in [3.63, 3.8) is 0 Å². The molecule has 0 bridgehead atoms. The van der Waals surface area contributed by atoms with E-state index in [9.17, 15) is 19.7 Å². The fourth-order valence-electron chi connectivity index (χ4n) is 1.74. The molecule has 2 heterocycles. The summed E-state index contributed by atoms with van der Waals surface area (Å²) in [6.45, 7) is 1.56. The molecule has 20 heavy (non-hydrogen) atoms. The Bertz CT molecular complexity index is 743. The van der Waals surface area contributed by atoms with Gasteiger partial charge >= 0.3 is 11.9 Å². The summed E-state index contributed by atoms with van der Waals surface area (Å²) in [6.07, 6.45) is 0. The Morgan fingerprint density at radius 3 is 2.65 bits per heavy atom. The molecule has 2 aromatic rings. The molecule has 104 valence electrons. The number of nitrogens with zero attached hydrogens (tertiary/aromatic N) is 2. The molecule has 0 aliphatic carbocycles. The van der Waals surface area contributed by atoms with Crippen LogP contribution >= 0.6 is 0 Å². The molecule has 0 radical (unpaired) electrons. The number of carboxylic acid groups (broad SMARTS) is 1. The highest BCUT2D eigenvalue weighted by Crippen LogP contribution is 2.16. The van der Waals surface area contributed by atoms with Crippen LogP contribution in [-0.4, -0.2) is 20.6 Å². The Kier molecular flexibility index (Phi) is 3.38. The fraction of sp³-hybridized carbons (Fsp3) is 0.167. The van der Waals surface area contributed by atoms with Crippen LogP contribution in [0, 0.1) is 17.0 Å². The number of aromatic carboxylic acids is 1. The zero-order valence-corrected chi connectivity index (χ0v) is 10.4. The molecule has 0 saturated carbocycles. The van der Waals surface area contributed by atoms with Crippen LogP contribution in [0.4, 0.5) is 5.88 Å². The second kappa shape index (κ2) is 5.00. The van der Waals surface area contributed by atoms with E-state index < -0.39 is 22.3 Å². The molecule has 2 rings (SSSR count). The highest BCUT2D eigenvalue weighted by molar-refractivity contribution is 5.87. The normalized spacial score (nSPS) is 10.4. The van der Waals surface area contributed by atoms with Crippen LogP contribution in [0.15, 0.2) is 33.5 Å². The summed E-state index contributed by atoms with van der Waals surface area (Å²) < 4.78 is 6.14. The van der Waals surface area contributed by atoms with Crippen LogP contribution < -0.4 is 5.56 Å². The first-order valence-electron chi connectivity index (χ1n) is 5.57. The van der Waals surface area contributed by atoms with Crippen molar-refractivity contribution in [1.29, 1.82) is 0 Å². The zero-order valence-electron chi connectivity index (χ0n) is 10.4. The maximum absolute atomic E-state index is 12.0. The van der Waals surface area contributed by atoms with Crippen molar-refractivity contribution in [2.24, 2.45) is 0 Å². The second-order valence-corrected chi connectivity index (χ2v) is 4.08. The smallest absolute Gasteiger partial charge is 0.433 e. The van der Waals surface area contributed by atoms with Crippen molar-refractivity contribution in [2.75, 3.05) is 0 Å². The van der Waals surface area contributed by atoms with E-state index in [1.54, 1.807) is 6.92 Å². The number of aromatic nitrogens is 1. The Balaban J connectivity index is 2.42. The summed E-state index contributed by atoms with van der Waals surface area (Å²) in [6, 6.07) is 5.26. The number of hydrogen-bond donors (Lipinski definition) is 1. The largest absolute Gasteiger partial charge is 0.477 e. The van der Waals surface area contributed by atoms with Crippen molar-refractivity contribution in [1.82, 2.24) is 4.57 Å². The number of carboxylic acids is 1. The van der Waals surface area contributed by atoms with E-state index >= 15 is 0 Å². The lowest BCUT2D eigenvalue weighted by molar-refractivity contribution is -0.402. The van der Waals surface area contributed by atoms with Crippen molar-refractivity contribution in [3.8, 4) is 0 Å². The number of hydrogen-bond acceptors (Lipinski definition) is 5. The molecule has 8 nitrogen and oxygen atoms in total. The first kappa shape index (κ1) is 13.5. The van der Waals surface area contributed by atoms with Gasteiger partial charge in [0.1, 0.15) is 16.2 Å². The van der Waals surface area contributed by atoms with Crippen LogP contribution in [0.1, 0.15) is 21.8 Å². The molecule has 2 aromatic heterocycles. The first-order valence-corrected chi connectivity index (χ1v) is 5.57. The maximum Gasteiger partial charge on any atom is 0.433 e. The number of rotatable bonds is 4. The van der Waals surface area contributed by atoms with E-state index in [4.69, 9.17) is 9.52 Å². The molecule has 0 unspecified atom stereocenters. The Labute approximate surface area is 112 Å². The highest BCUT2D eigenvalue weighted by atomic mass is 16.6. The monoisotopic (exact) mass is 278 g/mol. The molecule has 0 aromatic carbocycles. The Morgan fingerprint density at radius 2 is 2.10 bits per heavy atom. The van der Waals surface area contributed by atoms with E-state index in [-0.39, 0.29) is 17.9 Å². The van der Waals surface area contributed by atoms with Gasteiger partial charge in [0.25, 0.3) is 5.56 Å². The summed E-state index contributed by atoms with van der Waals surface area (Å²) in [5.41, 5.74) is -0.521. The number of pyridine rings is 1. The standard InChI is InChI=1S/C12H10N2O6/c1-7-2-4-9(12(16)17)11(15)13(7)6-8-3-5-10(20-8)14(18)19/h2-5H,6H2,1H3,(H,16,17). The van der Waals surface area contributed by atoms with E-state index in [1.807, 2.05) is 0 Å². The molecule has 1 N–H and O–H groups in total. The number of aryl methyl sites for hydroxylation is 1. The van der Waals surface area contributed by atoms with Gasteiger partial charge in [0, 0.05) is 5.69 Å². The average Bonchev–Trinajstić information content (AvgIpc) is 2.82. The van der Waals surface area contributed by atoms with Crippen LogP contribution in [0.3, 0.4) is 0 Å². The van der Waals surface area contributed by atoms with Gasteiger partial charge in [0.15, 0.2) is 0 Å². The van der Waals surface area contributed by atoms with Crippen LogP contribution in [0.5, 0.6) is 0 Å². The van der Waals surface area contributed by atoms with Crippen molar-refractivity contribution < 1.29 is 19.2 Å². The molecule has 0 spiro atoms. The summed E-state index contributed by atoms with van der Waals surface area (Å²) in [5.74, 6) is -1.56. The second-order valence-electron chi connectivity index (χ2n) is 4.08. The van der Waals surface area contributed by atoms with Crippen molar-refractivity contribution in [2.45, 2.75) is 13.5 Å². The average molecular weight is 278 g/mol. The van der Waals surface area contributed by atoms with E-state index in [2.05, 4.69) is 0 Å². The predicted molar refractivity (Wildman–Crippen MR) is 66.9 cm³/mol. The van der Waals surface area contributed by atoms with E-state index in [0.29, 0.717) is 5.69 Å². The van der Waals surface area contributed by atoms with Gasteiger partial charge in [-0.05, 0) is 25.1 Å². The molecule has 0 aliphatic heterocycles. The van der Waals surface area contributed by atoms with Crippen LogP contribution in [0.2, 0.25) is 0 Å². The SMILES string of the molecule is Cc1ccc(C(=O)O)c(=O)n1Cc1ccc([N+](=O)[O-])o1. The lowest BCUT2D eigenvalue weighted by atomic mass is 10.2. The zero-order chi connectivity index (χ0) is 14.9. The van der Waals surface area contributed by atoms with Crippen LogP contribution in [-0.2, 0) is 6.54 Å². The third-order valence-corrected chi connectivity index (χ3v) is 2.76. The van der Waals surface area contributed by atoms with Gasteiger partial charge in [-0.3, -0.25) is 14.9 Å². The molecular weight excluding hydrogens is 268 g/mol. The van der Waals surface area contributed by atoms with Gasteiger partial charge < -0.3 is 14.1 Å². The number of carbonyl (C=O) groups is 1. The van der Waals surface area contributed by atoms with Crippen molar-refractivity contribution in [3.05, 3.63) is 61.8 Å². The lowest BCUT2D eigenvalue weighted by Crippen LogP contribution is -2.28. The van der Waals surface area contributed by atoms with Crippen LogP contribution in [0.25, 0.3) is 0 Å². The highest BCUT2D eigenvalue weighted by Gasteiger charge is 2.16. The minimum atomic E-state index is -1.32. The molecule has 0 amide bonds. The molecule has 0 saturated heterocycles. The quantitative estimate of drug-likeness (QED) is 0.667. The van der Waals surface area contributed by atoms with E-state index in [0.717, 1.165) is 0 Å². The number of nitro groups is 1. The molecule has 0 aliphatic rings. The van der Waals surface area contributed by atoms with Gasteiger partial charge in [0.05, 0.1) is 12.6 Å². The van der Waals surface area contributed by atoms with Gasteiger partial charge in [0.2, 0.25) is 0 Å². The minimum Gasteiger partial charge on any atom is -0.477 e. The maximum atomic E-state index is 12.0. The van der Waals surface area contributed by atoms with Gasteiger partial charge in [-0.2, -0.15) is 0 Å². The predicted octanol–water partition coefficient (Wildman–Crippen LogP) is 1.40. The lowest BCUT2D eigenvalue weighted by Gasteiger charge is -2.08. The Morgan fingerprint density at radius 1 is 1.40 bits per heavy atom. The van der Waals surface area contributed by atoms with Gasteiger partial charge in [-0.25, -0.2) is 4.79 Å². The van der Waals surface area contributed by atoms with Gasteiger partial charge in [-0.1, -0.05) is 0 Å². The summed E-state index contributed by atoms with van der Waals surface area (Å²) in [5, 5.41) is 19.4. The summed E-state index contributed by atoms with van der Waals surface area (Å²) >= 11 is 0. The minimum absolute atomic E-state index is 0.0698. The molecule has 8 heteroatoms. The first-order chi connectivity index (χ1) is 9.40. The Hall–Kier alpha value is -2.90. The summed E-state index contributed by atoms with van der Waals surface area (Å²) in [4.78, 5) is 32.7. The molecular formula is C12H10N2O6. The third kappa shape index (κ3) is 2.44.